The Balaban J connectivity index is 1.66. The number of hydrogen-bond donors (Lipinski definition) is 1. The van der Waals surface area contributed by atoms with E-state index in [1.54, 1.807) is 0 Å². The lowest BCUT2D eigenvalue weighted by Crippen LogP contribution is -2.29. The standard InChI is InChI=1S/C19H17N5O2S/c1-23(2)12-7-9-13(10-8-12)24-16(25)11-27-19(24)22-21-17-14-5-3-4-6-15(14)20-18(17)26/h3-10H,11H2,1-2H3,(H,20,21,26)/b22-19+. The van der Waals surface area contributed by atoms with Gasteiger partial charge in [-0.25, -0.2) is 0 Å². The summed E-state index contributed by atoms with van der Waals surface area (Å²) >= 11 is 1.31. The van der Waals surface area contributed by atoms with Gasteiger partial charge in [-0.2, -0.15) is 0 Å². The highest BCUT2D eigenvalue weighted by molar-refractivity contribution is 8.15. The van der Waals surface area contributed by atoms with Gasteiger partial charge in [0.05, 0.1) is 17.1 Å². The van der Waals surface area contributed by atoms with Gasteiger partial charge in [0.1, 0.15) is 0 Å². The van der Waals surface area contributed by atoms with E-state index in [1.165, 1.54) is 16.7 Å². The number of benzene rings is 2. The third-order valence-corrected chi connectivity index (χ3v) is 5.18. The molecule has 136 valence electrons. The van der Waals surface area contributed by atoms with E-state index in [-0.39, 0.29) is 17.5 Å². The molecule has 27 heavy (non-hydrogen) atoms. The molecule has 2 aliphatic heterocycles. The summed E-state index contributed by atoms with van der Waals surface area (Å²) in [5.74, 6) is -0.0633. The molecule has 2 aromatic carbocycles. The first-order valence-corrected chi connectivity index (χ1v) is 9.32. The van der Waals surface area contributed by atoms with Crippen LogP contribution < -0.4 is 15.1 Å². The fourth-order valence-corrected chi connectivity index (χ4v) is 3.70. The van der Waals surface area contributed by atoms with E-state index in [0.717, 1.165) is 11.4 Å². The van der Waals surface area contributed by atoms with E-state index < -0.39 is 0 Å². The van der Waals surface area contributed by atoms with Gasteiger partial charge in [-0.15, -0.1) is 10.2 Å². The molecule has 4 rings (SSSR count). The average molecular weight is 379 g/mol. The third kappa shape index (κ3) is 3.19. The number of para-hydroxylation sites is 1. The maximum atomic E-state index is 12.3. The van der Waals surface area contributed by atoms with Crippen molar-refractivity contribution in [2.45, 2.75) is 0 Å². The van der Waals surface area contributed by atoms with E-state index in [4.69, 9.17) is 0 Å². The normalized spacial score (nSPS) is 19.0. The first-order valence-electron chi connectivity index (χ1n) is 8.34. The molecule has 1 saturated heterocycles. The molecule has 0 aromatic heterocycles. The summed E-state index contributed by atoms with van der Waals surface area (Å²) < 4.78 is 0. The second kappa shape index (κ2) is 6.88. The highest BCUT2D eigenvalue weighted by atomic mass is 32.2. The van der Waals surface area contributed by atoms with Gasteiger partial charge < -0.3 is 10.2 Å². The maximum absolute atomic E-state index is 12.3. The smallest absolute Gasteiger partial charge is 0.276 e. The van der Waals surface area contributed by atoms with Crippen LogP contribution in [-0.4, -0.2) is 42.5 Å². The first kappa shape index (κ1) is 17.3. The first-order chi connectivity index (χ1) is 13.0. The number of nitrogens with one attached hydrogen (secondary N) is 1. The number of rotatable bonds is 3. The molecule has 0 saturated carbocycles. The molecule has 0 spiro atoms. The summed E-state index contributed by atoms with van der Waals surface area (Å²) in [5.41, 5.74) is 3.44. The molecule has 2 aromatic rings. The summed E-state index contributed by atoms with van der Waals surface area (Å²) in [6.07, 6.45) is 0. The van der Waals surface area contributed by atoms with Crippen molar-refractivity contribution in [3.63, 3.8) is 0 Å². The zero-order chi connectivity index (χ0) is 19.0. The Morgan fingerprint density at radius 1 is 1.04 bits per heavy atom. The van der Waals surface area contributed by atoms with E-state index in [0.29, 0.717) is 22.2 Å². The lowest BCUT2D eigenvalue weighted by atomic mass is 10.1. The van der Waals surface area contributed by atoms with Gasteiger partial charge in [-0.05, 0) is 30.3 Å². The monoisotopic (exact) mass is 379 g/mol. The second-order valence-corrected chi connectivity index (χ2v) is 7.20. The molecule has 2 aliphatic rings. The summed E-state index contributed by atoms with van der Waals surface area (Å²) in [6.45, 7) is 0. The molecular formula is C19H17N5O2S. The van der Waals surface area contributed by atoms with Crippen molar-refractivity contribution in [3.8, 4) is 0 Å². The van der Waals surface area contributed by atoms with Gasteiger partial charge in [0, 0.05) is 25.3 Å². The molecule has 8 heteroatoms. The Morgan fingerprint density at radius 2 is 1.78 bits per heavy atom. The Morgan fingerprint density at radius 3 is 2.52 bits per heavy atom. The summed E-state index contributed by atoms with van der Waals surface area (Å²) in [7, 11) is 3.92. The van der Waals surface area contributed by atoms with Crippen molar-refractivity contribution in [1.29, 1.82) is 0 Å². The number of thioether (sulfide) groups is 1. The second-order valence-electron chi connectivity index (χ2n) is 6.26. The van der Waals surface area contributed by atoms with Crippen LogP contribution in [0.4, 0.5) is 17.1 Å². The fourth-order valence-electron chi connectivity index (χ4n) is 2.88. The maximum Gasteiger partial charge on any atom is 0.276 e. The van der Waals surface area contributed by atoms with E-state index >= 15 is 0 Å². The van der Waals surface area contributed by atoms with E-state index in [1.807, 2.05) is 67.5 Å². The Kier molecular flexibility index (Phi) is 4.41. The van der Waals surface area contributed by atoms with Crippen LogP contribution >= 0.6 is 11.8 Å². The Bertz CT molecular complexity index is 982. The van der Waals surface area contributed by atoms with Crippen LogP contribution in [0.1, 0.15) is 5.56 Å². The van der Waals surface area contributed by atoms with Gasteiger partial charge in [0.2, 0.25) is 5.91 Å². The number of carbonyl (C=O) groups excluding carboxylic acids is 2. The van der Waals surface area contributed by atoms with Crippen molar-refractivity contribution in [3.05, 3.63) is 54.1 Å². The number of amidine groups is 1. The van der Waals surface area contributed by atoms with Gasteiger partial charge in [0.25, 0.3) is 5.91 Å². The minimum Gasteiger partial charge on any atom is -0.378 e. The van der Waals surface area contributed by atoms with Crippen LogP contribution in [0, 0.1) is 0 Å². The van der Waals surface area contributed by atoms with Crippen LogP contribution in [0.2, 0.25) is 0 Å². The minimum atomic E-state index is -0.295. The van der Waals surface area contributed by atoms with Crippen molar-refractivity contribution in [2.75, 3.05) is 35.0 Å². The van der Waals surface area contributed by atoms with E-state index in [2.05, 4.69) is 15.5 Å². The Hall–Kier alpha value is -3.13. The number of carbonyl (C=O) groups is 2. The van der Waals surface area contributed by atoms with Crippen LogP contribution in [-0.2, 0) is 9.59 Å². The minimum absolute atomic E-state index is 0.0622. The van der Waals surface area contributed by atoms with Crippen LogP contribution in [0.3, 0.4) is 0 Å². The van der Waals surface area contributed by atoms with Crippen LogP contribution in [0.25, 0.3) is 0 Å². The van der Waals surface area contributed by atoms with Crippen molar-refractivity contribution < 1.29 is 9.59 Å². The van der Waals surface area contributed by atoms with E-state index in [9.17, 15) is 9.59 Å². The van der Waals surface area contributed by atoms with Gasteiger partial charge >= 0.3 is 0 Å². The van der Waals surface area contributed by atoms with Crippen LogP contribution in [0.15, 0.2) is 58.7 Å². The summed E-state index contributed by atoms with van der Waals surface area (Å²) in [6, 6.07) is 14.9. The molecule has 0 bridgehead atoms. The molecule has 0 radical (unpaired) electrons. The van der Waals surface area contributed by atoms with Gasteiger partial charge in [-0.1, -0.05) is 30.0 Å². The van der Waals surface area contributed by atoms with Crippen molar-refractivity contribution in [1.82, 2.24) is 0 Å². The highest BCUT2D eigenvalue weighted by Crippen LogP contribution is 2.29. The number of hydrogen-bond acceptors (Lipinski definition) is 6. The molecule has 2 amide bonds. The predicted octanol–water partition coefficient (Wildman–Crippen LogP) is 2.54. The van der Waals surface area contributed by atoms with Crippen molar-refractivity contribution >= 4 is 51.5 Å². The van der Waals surface area contributed by atoms with Gasteiger partial charge in [0.15, 0.2) is 10.9 Å². The Labute approximate surface area is 160 Å². The molecule has 1 N–H and O–H groups in total. The van der Waals surface area contributed by atoms with Crippen LogP contribution in [0.5, 0.6) is 0 Å². The van der Waals surface area contributed by atoms with Crippen molar-refractivity contribution in [2.24, 2.45) is 10.2 Å². The number of amides is 2. The highest BCUT2D eigenvalue weighted by Gasteiger charge is 2.31. The quantitative estimate of drug-likeness (QED) is 0.832. The fraction of sp³-hybridized carbons (Fsp3) is 0.158. The summed E-state index contributed by atoms with van der Waals surface area (Å²) in [4.78, 5) is 28.0. The SMILES string of the molecule is CN(C)c1ccc(N2C(=O)CS/C2=N/N=C2\C(=O)Nc3ccccc32)cc1. The molecule has 1 fully saturated rings. The van der Waals surface area contributed by atoms with Gasteiger partial charge in [-0.3, -0.25) is 14.5 Å². The number of fused-ring (bicyclic) bond motifs is 1. The molecule has 0 atom stereocenters. The molecular weight excluding hydrogens is 362 g/mol. The third-order valence-electron chi connectivity index (χ3n) is 4.27. The average Bonchev–Trinajstić information content (AvgIpc) is 3.19. The summed E-state index contributed by atoms with van der Waals surface area (Å²) in [5, 5.41) is 11.6. The molecule has 0 aliphatic carbocycles. The molecule has 2 heterocycles. The topological polar surface area (TPSA) is 77.4 Å². The number of nitrogens with zero attached hydrogens (tertiary/aromatic N) is 4. The largest absolute Gasteiger partial charge is 0.378 e. The lowest BCUT2D eigenvalue weighted by Gasteiger charge is -2.17. The number of anilines is 3. The lowest BCUT2D eigenvalue weighted by molar-refractivity contribution is -0.115. The molecule has 7 nitrogen and oxygen atoms in total. The zero-order valence-corrected chi connectivity index (χ0v) is 15.7. The zero-order valence-electron chi connectivity index (χ0n) is 14.8. The molecule has 0 unspecified atom stereocenters. The predicted molar refractivity (Wildman–Crippen MR) is 110 cm³/mol.